The minimum Gasteiger partial charge on any atom is -0.481 e. The molecule has 1 saturated heterocycles. The number of amides is 2. The van der Waals surface area contributed by atoms with Gasteiger partial charge < -0.3 is 20.1 Å². The first-order valence-corrected chi connectivity index (χ1v) is 8.12. The van der Waals surface area contributed by atoms with Gasteiger partial charge in [-0.15, -0.1) is 0 Å². The maximum Gasteiger partial charge on any atom is 0.340 e. The molecule has 1 fully saturated rings. The summed E-state index contributed by atoms with van der Waals surface area (Å²) in [5.74, 6) is -6.34. The molecule has 0 aromatic carbocycles. The smallest absolute Gasteiger partial charge is 0.340 e. The van der Waals surface area contributed by atoms with Gasteiger partial charge in [0.15, 0.2) is 6.61 Å². The monoisotopic (exact) mass is 393 g/mol. The Morgan fingerprint density at radius 2 is 2.15 bits per heavy atom. The van der Waals surface area contributed by atoms with Gasteiger partial charge in [0.25, 0.3) is 0 Å². The number of carboxylic acids is 1. The number of halogens is 4. The van der Waals surface area contributed by atoms with Crippen LogP contribution in [0.15, 0.2) is 18.3 Å². The van der Waals surface area contributed by atoms with Gasteiger partial charge in [0.2, 0.25) is 5.88 Å². The third kappa shape index (κ3) is 5.69. The molecule has 0 radical (unpaired) electrons. The zero-order chi connectivity index (χ0) is 20.2. The quantitative estimate of drug-likeness (QED) is 0.725. The van der Waals surface area contributed by atoms with Crippen molar-refractivity contribution < 1.29 is 37.0 Å². The Morgan fingerprint density at radius 3 is 2.78 bits per heavy atom. The number of piperidine rings is 1. The summed E-state index contributed by atoms with van der Waals surface area (Å²) in [7, 11) is 0. The van der Waals surface area contributed by atoms with Crippen LogP contribution in [0.1, 0.15) is 13.3 Å². The molecular weight excluding hydrogens is 374 g/mol. The number of hydrogen-bond acceptors (Lipinski definition) is 4. The molecular formula is C16H19F4N3O4. The molecule has 2 N–H and O–H groups in total. The van der Waals surface area contributed by atoms with Crippen molar-refractivity contribution in [3.63, 3.8) is 0 Å². The number of alkyl halides is 4. The van der Waals surface area contributed by atoms with E-state index >= 15 is 0 Å². The molecule has 1 aromatic rings. The summed E-state index contributed by atoms with van der Waals surface area (Å²) in [5, 5.41) is 11.6. The normalized spacial score (nSPS) is 20.4. The van der Waals surface area contributed by atoms with Crippen LogP contribution in [0.5, 0.6) is 5.88 Å². The van der Waals surface area contributed by atoms with Gasteiger partial charge in [0, 0.05) is 31.0 Å². The molecule has 0 bridgehead atoms. The number of urea groups is 1. The third-order valence-electron chi connectivity index (χ3n) is 4.01. The highest BCUT2D eigenvalue weighted by atomic mass is 19.3. The van der Waals surface area contributed by atoms with E-state index in [4.69, 9.17) is 5.11 Å². The third-order valence-corrected chi connectivity index (χ3v) is 4.01. The van der Waals surface area contributed by atoms with Crippen LogP contribution < -0.4 is 10.1 Å². The van der Waals surface area contributed by atoms with Gasteiger partial charge in [-0.25, -0.2) is 18.6 Å². The van der Waals surface area contributed by atoms with Gasteiger partial charge in [-0.05, 0) is 18.4 Å². The number of pyridine rings is 1. The largest absolute Gasteiger partial charge is 0.481 e. The van der Waals surface area contributed by atoms with E-state index in [1.807, 2.05) is 6.92 Å². The van der Waals surface area contributed by atoms with Gasteiger partial charge in [-0.2, -0.15) is 8.78 Å². The maximum atomic E-state index is 12.9. The summed E-state index contributed by atoms with van der Waals surface area (Å²) in [6, 6.07) is 1.91. The summed E-state index contributed by atoms with van der Waals surface area (Å²) in [5.41, 5.74) is 0.149. The highest BCUT2D eigenvalue weighted by Crippen LogP contribution is 2.25. The minimum absolute atomic E-state index is 0.00138. The highest BCUT2D eigenvalue weighted by molar-refractivity contribution is 5.89. The van der Waals surface area contributed by atoms with Crippen molar-refractivity contribution in [3.05, 3.63) is 18.3 Å². The highest BCUT2D eigenvalue weighted by Gasteiger charge is 2.41. The van der Waals surface area contributed by atoms with Gasteiger partial charge in [-0.1, -0.05) is 6.92 Å². The standard InChI is InChI=1S/C16H19F4N3O4/c1-9-4-10(13(24)25)7-23(6-9)15(26)22-11-2-3-21-12(5-11)27-8-16(19,20)14(17)18/h2-3,5,9-10,14H,4,6-8H2,1H3,(H,24,25)(H,21,22,26). The summed E-state index contributed by atoms with van der Waals surface area (Å²) in [6.07, 6.45) is -2.25. The lowest BCUT2D eigenvalue weighted by Gasteiger charge is -2.34. The zero-order valence-electron chi connectivity index (χ0n) is 14.4. The second-order valence-corrected chi connectivity index (χ2v) is 6.44. The Balaban J connectivity index is 1.99. The molecule has 0 saturated carbocycles. The Morgan fingerprint density at radius 1 is 1.44 bits per heavy atom. The van der Waals surface area contributed by atoms with Crippen LogP contribution in [-0.4, -0.2) is 59.0 Å². The second-order valence-electron chi connectivity index (χ2n) is 6.44. The summed E-state index contributed by atoms with van der Waals surface area (Å²) in [6.45, 7) is 0.682. The molecule has 1 aliphatic heterocycles. The fourth-order valence-corrected chi connectivity index (χ4v) is 2.70. The molecule has 2 unspecified atom stereocenters. The lowest BCUT2D eigenvalue weighted by atomic mass is 9.91. The van der Waals surface area contributed by atoms with E-state index in [-0.39, 0.29) is 24.0 Å². The number of aliphatic carboxylic acids is 1. The van der Waals surface area contributed by atoms with Crippen LogP contribution in [-0.2, 0) is 4.79 Å². The minimum atomic E-state index is -4.32. The van der Waals surface area contributed by atoms with Crippen molar-refractivity contribution in [2.75, 3.05) is 25.0 Å². The van der Waals surface area contributed by atoms with Crippen molar-refractivity contribution in [2.24, 2.45) is 11.8 Å². The molecule has 0 aliphatic carbocycles. The van der Waals surface area contributed by atoms with Crippen molar-refractivity contribution in [1.82, 2.24) is 9.88 Å². The maximum absolute atomic E-state index is 12.9. The number of likely N-dealkylation sites (tertiary alicyclic amines) is 1. The molecule has 27 heavy (non-hydrogen) atoms. The van der Waals surface area contributed by atoms with E-state index in [1.165, 1.54) is 11.0 Å². The second kappa shape index (κ2) is 8.40. The summed E-state index contributed by atoms with van der Waals surface area (Å²) in [4.78, 5) is 28.5. The first-order valence-electron chi connectivity index (χ1n) is 8.12. The number of aromatic nitrogens is 1. The molecule has 2 atom stereocenters. The molecule has 0 spiro atoms. The fraction of sp³-hybridized carbons (Fsp3) is 0.562. The molecule has 150 valence electrons. The van der Waals surface area contributed by atoms with Crippen LogP contribution in [0.3, 0.4) is 0 Å². The van der Waals surface area contributed by atoms with Gasteiger partial charge in [-0.3, -0.25) is 4.79 Å². The summed E-state index contributed by atoms with van der Waals surface area (Å²) < 4.78 is 54.7. The number of hydrogen-bond donors (Lipinski definition) is 2. The average molecular weight is 393 g/mol. The van der Waals surface area contributed by atoms with E-state index < -0.39 is 36.9 Å². The fourth-order valence-electron chi connectivity index (χ4n) is 2.70. The zero-order valence-corrected chi connectivity index (χ0v) is 14.4. The number of rotatable bonds is 6. The number of anilines is 1. The SMILES string of the molecule is CC1CC(C(=O)O)CN(C(=O)Nc2ccnc(OCC(F)(F)C(F)F)c2)C1. The first kappa shape index (κ1) is 20.7. The van der Waals surface area contributed by atoms with Crippen LogP contribution in [0, 0.1) is 11.8 Å². The van der Waals surface area contributed by atoms with E-state index in [1.54, 1.807) is 0 Å². The molecule has 11 heteroatoms. The van der Waals surface area contributed by atoms with Crippen LogP contribution in [0.25, 0.3) is 0 Å². The van der Waals surface area contributed by atoms with Crippen LogP contribution in [0.2, 0.25) is 0 Å². The van der Waals surface area contributed by atoms with Crippen molar-refractivity contribution in [3.8, 4) is 5.88 Å². The van der Waals surface area contributed by atoms with Gasteiger partial charge >= 0.3 is 24.3 Å². The number of ether oxygens (including phenoxy) is 1. The number of carbonyl (C=O) groups excluding carboxylic acids is 1. The number of carboxylic acid groups (broad SMARTS) is 1. The lowest BCUT2D eigenvalue weighted by Crippen LogP contribution is -2.47. The Bertz CT molecular complexity index is 689. The molecule has 2 rings (SSSR count). The van der Waals surface area contributed by atoms with E-state index in [2.05, 4.69) is 15.0 Å². The molecule has 2 amide bonds. The first-order chi connectivity index (χ1) is 12.6. The number of carbonyl (C=O) groups is 2. The summed E-state index contributed by atoms with van der Waals surface area (Å²) >= 11 is 0. The predicted octanol–water partition coefficient (Wildman–Crippen LogP) is 2.94. The predicted molar refractivity (Wildman–Crippen MR) is 86.2 cm³/mol. The Kier molecular flexibility index (Phi) is 6.45. The molecule has 1 aliphatic rings. The van der Waals surface area contributed by atoms with E-state index in [0.29, 0.717) is 13.0 Å². The van der Waals surface area contributed by atoms with Gasteiger partial charge in [0.1, 0.15) is 0 Å². The van der Waals surface area contributed by atoms with Crippen molar-refractivity contribution in [1.29, 1.82) is 0 Å². The lowest BCUT2D eigenvalue weighted by molar-refractivity contribution is -0.148. The Labute approximate surface area is 152 Å². The number of nitrogens with one attached hydrogen (secondary N) is 1. The van der Waals surface area contributed by atoms with E-state index in [0.717, 1.165) is 12.3 Å². The molecule has 7 nitrogen and oxygen atoms in total. The van der Waals surface area contributed by atoms with E-state index in [9.17, 15) is 27.2 Å². The molecule has 1 aromatic heterocycles. The average Bonchev–Trinajstić information content (AvgIpc) is 2.59. The van der Waals surface area contributed by atoms with Gasteiger partial charge in [0.05, 0.1) is 5.92 Å². The van der Waals surface area contributed by atoms with Crippen LogP contribution in [0.4, 0.5) is 28.0 Å². The molecule has 2 heterocycles. The van der Waals surface area contributed by atoms with Crippen molar-refractivity contribution >= 4 is 17.7 Å². The Hall–Kier alpha value is -2.59. The van der Waals surface area contributed by atoms with Crippen LogP contribution >= 0.6 is 0 Å². The number of nitrogens with zero attached hydrogens (tertiary/aromatic N) is 2. The topological polar surface area (TPSA) is 91.8 Å². The van der Waals surface area contributed by atoms with Crippen molar-refractivity contribution in [2.45, 2.75) is 25.7 Å².